The zero-order valence-corrected chi connectivity index (χ0v) is 9.37. The molecule has 0 aromatic carbocycles. The van der Waals surface area contributed by atoms with E-state index in [4.69, 9.17) is 14.6 Å². The van der Waals surface area contributed by atoms with Crippen molar-refractivity contribution >= 4 is 5.97 Å². The van der Waals surface area contributed by atoms with Crippen LogP contribution < -0.4 is 0 Å². The Morgan fingerprint density at radius 2 is 2.07 bits per heavy atom. The first-order chi connectivity index (χ1) is 6.43. The van der Waals surface area contributed by atoms with E-state index in [-0.39, 0.29) is 5.60 Å². The minimum Gasteiger partial charge on any atom is -0.479 e. The third-order valence-electron chi connectivity index (χ3n) is 2.22. The normalized spacial score (nSPS) is 14.0. The Hall–Kier alpha value is -0.610. The van der Waals surface area contributed by atoms with Gasteiger partial charge in [-0.2, -0.15) is 0 Å². The highest BCUT2D eigenvalue weighted by Crippen LogP contribution is 2.13. The lowest BCUT2D eigenvalue weighted by Crippen LogP contribution is -2.28. The van der Waals surface area contributed by atoms with Crippen molar-refractivity contribution in [1.82, 2.24) is 0 Å². The van der Waals surface area contributed by atoms with Crippen LogP contribution in [0.15, 0.2) is 0 Å². The van der Waals surface area contributed by atoms with Crippen LogP contribution >= 0.6 is 0 Å². The Balaban J connectivity index is 3.77. The lowest BCUT2D eigenvalue weighted by atomic mass is 10.1. The van der Waals surface area contributed by atoms with E-state index in [1.54, 1.807) is 14.0 Å². The maximum absolute atomic E-state index is 10.6. The van der Waals surface area contributed by atoms with E-state index < -0.39 is 12.1 Å². The molecule has 0 rings (SSSR count). The van der Waals surface area contributed by atoms with Crippen molar-refractivity contribution in [2.24, 2.45) is 0 Å². The monoisotopic (exact) mass is 204 g/mol. The van der Waals surface area contributed by atoms with Crippen LogP contribution in [0, 0.1) is 0 Å². The summed E-state index contributed by atoms with van der Waals surface area (Å²) in [6.07, 6.45) is 0.485. The van der Waals surface area contributed by atoms with Gasteiger partial charge in [0.25, 0.3) is 0 Å². The van der Waals surface area contributed by atoms with Crippen molar-refractivity contribution in [3.8, 4) is 0 Å². The van der Waals surface area contributed by atoms with Crippen molar-refractivity contribution in [1.29, 1.82) is 0 Å². The summed E-state index contributed by atoms with van der Waals surface area (Å²) in [4.78, 5) is 10.6. The number of aliphatic carboxylic acids is 1. The fourth-order valence-electron chi connectivity index (χ4n) is 0.913. The number of rotatable bonds is 7. The molecule has 84 valence electrons. The molecule has 0 aromatic heterocycles. The molecular weight excluding hydrogens is 184 g/mol. The minimum atomic E-state index is -0.900. The van der Waals surface area contributed by atoms with E-state index in [2.05, 4.69) is 0 Å². The molecule has 4 nitrogen and oxygen atoms in total. The Kier molecular flexibility index (Phi) is 5.72. The van der Waals surface area contributed by atoms with Crippen molar-refractivity contribution in [2.45, 2.75) is 45.3 Å². The average Bonchev–Trinajstić information content (AvgIpc) is 2.12. The molecule has 0 aliphatic rings. The highest BCUT2D eigenvalue weighted by atomic mass is 16.5. The van der Waals surface area contributed by atoms with E-state index >= 15 is 0 Å². The fraction of sp³-hybridized carbons (Fsp3) is 0.900. The number of carboxylic acids is 1. The van der Waals surface area contributed by atoms with Crippen LogP contribution in [-0.2, 0) is 14.3 Å². The van der Waals surface area contributed by atoms with Gasteiger partial charge in [-0.3, -0.25) is 0 Å². The van der Waals surface area contributed by atoms with Crippen molar-refractivity contribution in [2.75, 3.05) is 13.7 Å². The Morgan fingerprint density at radius 3 is 2.43 bits per heavy atom. The summed E-state index contributed by atoms with van der Waals surface area (Å²) in [7, 11) is 1.63. The molecule has 0 aliphatic heterocycles. The molecule has 0 heterocycles. The van der Waals surface area contributed by atoms with Crippen LogP contribution in [0.1, 0.15) is 33.6 Å². The second-order valence-corrected chi connectivity index (χ2v) is 3.82. The van der Waals surface area contributed by atoms with Crippen LogP contribution in [0.25, 0.3) is 0 Å². The van der Waals surface area contributed by atoms with Gasteiger partial charge in [-0.15, -0.1) is 0 Å². The molecular formula is C10H20O4. The molecule has 0 saturated carbocycles. The lowest BCUT2D eigenvalue weighted by Gasteiger charge is -2.23. The Morgan fingerprint density at radius 1 is 1.50 bits per heavy atom. The summed E-state index contributed by atoms with van der Waals surface area (Å²) < 4.78 is 10.4. The van der Waals surface area contributed by atoms with Gasteiger partial charge in [-0.1, -0.05) is 6.92 Å². The molecule has 0 fully saturated rings. The summed E-state index contributed by atoms with van der Waals surface area (Å²) >= 11 is 0. The van der Waals surface area contributed by atoms with Crippen LogP contribution in [0.4, 0.5) is 0 Å². The van der Waals surface area contributed by atoms with E-state index in [0.29, 0.717) is 19.4 Å². The molecule has 0 saturated heterocycles. The molecule has 4 heteroatoms. The van der Waals surface area contributed by atoms with Gasteiger partial charge in [0.05, 0.1) is 12.2 Å². The number of hydrogen-bond donors (Lipinski definition) is 1. The quantitative estimate of drug-likeness (QED) is 0.685. The number of hydrogen-bond acceptors (Lipinski definition) is 3. The first-order valence-corrected chi connectivity index (χ1v) is 4.82. The van der Waals surface area contributed by atoms with Crippen LogP contribution in [-0.4, -0.2) is 36.5 Å². The van der Waals surface area contributed by atoms with E-state index in [0.717, 1.165) is 0 Å². The highest BCUT2D eigenvalue weighted by molar-refractivity contribution is 5.72. The number of ether oxygens (including phenoxy) is 2. The van der Waals surface area contributed by atoms with Gasteiger partial charge >= 0.3 is 5.97 Å². The lowest BCUT2D eigenvalue weighted by molar-refractivity contribution is -0.151. The van der Waals surface area contributed by atoms with Gasteiger partial charge in [0.15, 0.2) is 6.10 Å². The first kappa shape index (κ1) is 13.4. The van der Waals surface area contributed by atoms with Crippen molar-refractivity contribution in [3.05, 3.63) is 0 Å². The molecule has 1 N–H and O–H groups in total. The third-order valence-corrected chi connectivity index (χ3v) is 2.22. The largest absolute Gasteiger partial charge is 0.479 e. The molecule has 0 radical (unpaired) electrons. The van der Waals surface area contributed by atoms with Gasteiger partial charge < -0.3 is 14.6 Å². The van der Waals surface area contributed by atoms with Gasteiger partial charge in [-0.05, 0) is 26.7 Å². The summed E-state index contributed by atoms with van der Waals surface area (Å²) in [6, 6.07) is 0. The topological polar surface area (TPSA) is 55.8 Å². The highest BCUT2D eigenvalue weighted by Gasteiger charge is 2.19. The van der Waals surface area contributed by atoms with E-state index in [9.17, 15) is 4.79 Å². The number of carbonyl (C=O) groups is 1. The third kappa shape index (κ3) is 5.19. The summed E-state index contributed by atoms with van der Waals surface area (Å²) in [5.41, 5.74) is -0.253. The molecule has 0 spiro atoms. The predicted octanol–water partition coefficient (Wildman–Crippen LogP) is 1.68. The van der Waals surface area contributed by atoms with Crippen molar-refractivity contribution in [3.63, 3.8) is 0 Å². The zero-order chi connectivity index (χ0) is 11.2. The SMILES string of the molecule is CCC(OCCC(C)(C)OC)C(=O)O. The molecule has 1 atom stereocenters. The zero-order valence-electron chi connectivity index (χ0n) is 9.37. The average molecular weight is 204 g/mol. The van der Waals surface area contributed by atoms with Crippen LogP contribution in [0.3, 0.4) is 0 Å². The van der Waals surface area contributed by atoms with Crippen LogP contribution in [0.5, 0.6) is 0 Å². The van der Waals surface area contributed by atoms with Gasteiger partial charge in [0.1, 0.15) is 0 Å². The standard InChI is InChI=1S/C10H20O4/c1-5-8(9(11)12)14-7-6-10(2,3)13-4/h8H,5-7H2,1-4H3,(H,11,12). The molecule has 0 aromatic rings. The predicted molar refractivity (Wildman–Crippen MR) is 53.4 cm³/mol. The van der Waals surface area contributed by atoms with Crippen molar-refractivity contribution < 1.29 is 19.4 Å². The van der Waals surface area contributed by atoms with Gasteiger partial charge in [0, 0.05) is 7.11 Å². The summed E-state index contributed by atoms with van der Waals surface area (Å²) in [5.74, 6) is -0.900. The van der Waals surface area contributed by atoms with E-state index in [1.165, 1.54) is 0 Å². The maximum Gasteiger partial charge on any atom is 0.332 e. The second kappa shape index (κ2) is 5.98. The number of carboxylic acid groups (broad SMARTS) is 1. The van der Waals surface area contributed by atoms with Gasteiger partial charge in [0.2, 0.25) is 0 Å². The molecule has 1 unspecified atom stereocenters. The van der Waals surface area contributed by atoms with E-state index in [1.807, 2.05) is 13.8 Å². The molecule has 0 aliphatic carbocycles. The summed E-state index contributed by atoms with van der Waals surface area (Å²) in [6.45, 7) is 6.09. The Bertz CT molecular complexity index is 177. The fourth-order valence-corrected chi connectivity index (χ4v) is 0.913. The van der Waals surface area contributed by atoms with Crippen LogP contribution in [0.2, 0.25) is 0 Å². The Labute approximate surface area is 85.2 Å². The smallest absolute Gasteiger partial charge is 0.332 e. The second-order valence-electron chi connectivity index (χ2n) is 3.82. The molecule has 0 amide bonds. The maximum atomic E-state index is 10.6. The first-order valence-electron chi connectivity index (χ1n) is 4.82. The molecule has 0 bridgehead atoms. The summed E-state index contributed by atoms with van der Waals surface area (Å²) in [5, 5.41) is 8.70. The van der Waals surface area contributed by atoms with Gasteiger partial charge in [-0.25, -0.2) is 4.79 Å². The molecule has 14 heavy (non-hydrogen) atoms. The minimum absolute atomic E-state index is 0.253. The number of methoxy groups -OCH3 is 1.